The van der Waals surface area contributed by atoms with Crippen LogP contribution in [0.2, 0.25) is 0 Å². The van der Waals surface area contributed by atoms with E-state index in [4.69, 9.17) is 5.26 Å². The fourth-order valence-corrected chi connectivity index (χ4v) is 2.19. The Kier molecular flexibility index (Phi) is 3.63. The predicted molar refractivity (Wildman–Crippen MR) is 71.9 cm³/mol. The van der Waals surface area contributed by atoms with Gasteiger partial charge in [0.15, 0.2) is 5.82 Å². The Bertz CT molecular complexity index is 599. The van der Waals surface area contributed by atoms with Crippen molar-refractivity contribution in [1.82, 2.24) is 14.8 Å². The number of hydrogen-bond acceptors (Lipinski definition) is 4. The van der Waals surface area contributed by atoms with Gasteiger partial charge >= 0.3 is 0 Å². The van der Waals surface area contributed by atoms with Crippen LogP contribution in [0.5, 0.6) is 0 Å². The summed E-state index contributed by atoms with van der Waals surface area (Å²) in [6.45, 7) is 1.98. The van der Waals surface area contributed by atoms with Gasteiger partial charge in [-0.2, -0.15) is 5.26 Å². The Hall–Kier alpha value is -1.87. The van der Waals surface area contributed by atoms with E-state index in [1.807, 2.05) is 36.7 Å². The molecule has 1 atom stereocenters. The standard InChI is InChI=1S/C12H12BrN5/c1-8(12-17-15-7-18(12)2)16-11-5-3-4-10(13)9(11)6-14/h3-5,7-8,16H,1-2H3. The Labute approximate surface area is 114 Å². The third-order valence-electron chi connectivity index (χ3n) is 2.63. The van der Waals surface area contributed by atoms with E-state index in [2.05, 4.69) is 37.5 Å². The maximum Gasteiger partial charge on any atom is 0.154 e. The largest absolute Gasteiger partial charge is 0.374 e. The Morgan fingerprint density at radius 1 is 1.50 bits per heavy atom. The quantitative estimate of drug-likeness (QED) is 0.946. The smallest absolute Gasteiger partial charge is 0.154 e. The molecule has 0 amide bonds. The van der Waals surface area contributed by atoms with E-state index in [-0.39, 0.29) is 6.04 Å². The van der Waals surface area contributed by atoms with Crippen molar-refractivity contribution in [3.8, 4) is 6.07 Å². The lowest BCUT2D eigenvalue weighted by atomic mass is 10.1. The molecule has 1 unspecified atom stereocenters. The predicted octanol–water partition coefficient (Wildman–Crippen LogP) is 2.62. The summed E-state index contributed by atoms with van der Waals surface area (Å²) in [5.41, 5.74) is 1.37. The molecular formula is C12H12BrN5. The van der Waals surface area contributed by atoms with Gasteiger partial charge in [-0.3, -0.25) is 0 Å². The molecule has 0 radical (unpaired) electrons. The monoisotopic (exact) mass is 305 g/mol. The summed E-state index contributed by atoms with van der Waals surface area (Å²) in [6, 6.07) is 7.75. The van der Waals surface area contributed by atoms with E-state index >= 15 is 0 Å². The van der Waals surface area contributed by atoms with E-state index in [1.54, 1.807) is 6.33 Å². The first-order chi connectivity index (χ1) is 8.63. The summed E-state index contributed by atoms with van der Waals surface area (Å²) in [5.74, 6) is 0.818. The molecule has 0 aliphatic rings. The second kappa shape index (κ2) is 5.19. The first-order valence-electron chi connectivity index (χ1n) is 5.42. The van der Waals surface area contributed by atoms with Crippen molar-refractivity contribution in [2.24, 2.45) is 7.05 Å². The summed E-state index contributed by atoms with van der Waals surface area (Å²) in [4.78, 5) is 0. The number of hydrogen-bond donors (Lipinski definition) is 1. The number of nitrogens with zero attached hydrogens (tertiary/aromatic N) is 4. The van der Waals surface area contributed by atoms with Crippen LogP contribution in [-0.2, 0) is 7.05 Å². The normalized spacial score (nSPS) is 11.9. The minimum atomic E-state index is -0.0288. The number of nitrogens with one attached hydrogen (secondary N) is 1. The topological polar surface area (TPSA) is 66.5 Å². The summed E-state index contributed by atoms with van der Waals surface area (Å²) in [7, 11) is 1.89. The maximum atomic E-state index is 9.14. The van der Waals surface area contributed by atoms with Gasteiger partial charge in [0.2, 0.25) is 0 Å². The summed E-state index contributed by atoms with van der Waals surface area (Å²) >= 11 is 3.36. The third kappa shape index (κ3) is 2.36. The highest BCUT2D eigenvalue weighted by atomic mass is 79.9. The number of rotatable bonds is 3. The molecular weight excluding hydrogens is 294 g/mol. The molecule has 0 fully saturated rings. The number of halogens is 1. The summed E-state index contributed by atoms with van der Waals surface area (Å²) in [6.07, 6.45) is 1.65. The second-order valence-electron chi connectivity index (χ2n) is 3.94. The minimum absolute atomic E-state index is 0.0288. The summed E-state index contributed by atoms with van der Waals surface area (Å²) in [5, 5.41) is 20.3. The van der Waals surface area contributed by atoms with E-state index in [9.17, 15) is 0 Å². The van der Waals surface area contributed by atoms with Gasteiger partial charge in [-0.25, -0.2) is 0 Å². The van der Waals surface area contributed by atoms with E-state index in [1.165, 1.54) is 0 Å². The van der Waals surface area contributed by atoms with E-state index < -0.39 is 0 Å². The highest BCUT2D eigenvalue weighted by Crippen LogP contribution is 2.26. The van der Waals surface area contributed by atoms with Gasteiger partial charge in [-0.1, -0.05) is 6.07 Å². The van der Waals surface area contributed by atoms with Crippen LogP contribution in [0.3, 0.4) is 0 Å². The lowest BCUT2D eigenvalue weighted by molar-refractivity contribution is 0.719. The van der Waals surface area contributed by atoms with Crippen LogP contribution in [0.25, 0.3) is 0 Å². The van der Waals surface area contributed by atoms with Gasteiger partial charge < -0.3 is 9.88 Å². The highest BCUT2D eigenvalue weighted by molar-refractivity contribution is 9.10. The average molecular weight is 306 g/mol. The molecule has 1 N–H and O–H groups in total. The first-order valence-corrected chi connectivity index (χ1v) is 6.22. The van der Waals surface area contributed by atoms with Crippen LogP contribution in [0.15, 0.2) is 29.0 Å². The van der Waals surface area contributed by atoms with Crippen LogP contribution in [0.1, 0.15) is 24.4 Å². The molecule has 1 aromatic heterocycles. The molecule has 0 saturated heterocycles. The molecule has 92 valence electrons. The lowest BCUT2D eigenvalue weighted by Gasteiger charge is -2.15. The zero-order chi connectivity index (χ0) is 13.1. The minimum Gasteiger partial charge on any atom is -0.374 e. The first kappa shape index (κ1) is 12.6. The van der Waals surface area contributed by atoms with Crippen molar-refractivity contribution < 1.29 is 0 Å². The number of benzene rings is 1. The molecule has 2 aromatic rings. The second-order valence-corrected chi connectivity index (χ2v) is 4.79. The van der Waals surface area contributed by atoms with Crippen molar-refractivity contribution in [1.29, 1.82) is 5.26 Å². The Balaban J connectivity index is 2.28. The van der Waals surface area contributed by atoms with Crippen LogP contribution in [-0.4, -0.2) is 14.8 Å². The van der Waals surface area contributed by atoms with Gasteiger partial charge in [0.05, 0.1) is 17.3 Å². The summed E-state index contributed by atoms with van der Waals surface area (Å²) < 4.78 is 2.63. The van der Waals surface area contributed by atoms with E-state index in [0.29, 0.717) is 5.56 Å². The van der Waals surface area contributed by atoms with Crippen LogP contribution in [0.4, 0.5) is 5.69 Å². The Morgan fingerprint density at radius 2 is 2.28 bits per heavy atom. The molecule has 0 aliphatic heterocycles. The van der Waals surface area contributed by atoms with Crippen molar-refractivity contribution in [2.45, 2.75) is 13.0 Å². The number of nitriles is 1. The molecule has 1 aromatic carbocycles. The molecule has 0 saturated carbocycles. The number of aromatic nitrogens is 3. The third-order valence-corrected chi connectivity index (χ3v) is 3.29. The van der Waals surface area contributed by atoms with E-state index in [0.717, 1.165) is 16.0 Å². The van der Waals surface area contributed by atoms with Gasteiger partial charge in [0, 0.05) is 11.5 Å². The fraction of sp³-hybridized carbons (Fsp3) is 0.250. The van der Waals surface area contributed by atoms with Crippen molar-refractivity contribution in [3.63, 3.8) is 0 Å². The SMILES string of the molecule is CC(Nc1cccc(Br)c1C#N)c1nncn1C. The number of anilines is 1. The van der Waals surface area contributed by atoms with Crippen LogP contribution < -0.4 is 5.32 Å². The molecule has 0 aliphatic carbocycles. The molecule has 18 heavy (non-hydrogen) atoms. The highest BCUT2D eigenvalue weighted by Gasteiger charge is 2.13. The molecule has 0 bridgehead atoms. The molecule has 2 rings (SSSR count). The molecule has 0 spiro atoms. The van der Waals surface area contributed by atoms with Crippen molar-refractivity contribution >= 4 is 21.6 Å². The van der Waals surface area contributed by atoms with Crippen LogP contribution >= 0.6 is 15.9 Å². The van der Waals surface area contributed by atoms with Gasteiger partial charge in [-0.05, 0) is 35.0 Å². The van der Waals surface area contributed by atoms with Gasteiger partial charge in [0.25, 0.3) is 0 Å². The zero-order valence-corrected chi connectivity index (χ0v) is 11.6. The number of aryl methyl sites for hydroxylation is 1. The lowest BCUT2D eigenvalue weighted by Crippen LogP contribution is -2.12. The fourth-order valence-electron chi connectivity index (χ4n) is 1.74. The Morgan fingerprint density at radius 3 is 2.89 bits per heavy atom. The van der Waals surface area contributed by atoms with Crippen molar-refractivity contribution in [3.05, 3.63) is 40.4 Å². The average Bonchev–Trinajstić information content (AvgIpc) is 2.76. The molecule has 1 heterocycles. The molecule has 5 nitrogen and oxygen atoms in total. The van der Waals surface area contributed by atoms with Crippen LogP contribution in [0, 0.1) is 11.3 Å². The van der Waals surface area contributed by atoms with Gasteiger partial charge in [0.1, 0.15) is 12.4 Å². The maximum absolute atomic E-state index is 9.14. The van der Waals surface area contributed by atoms with Gasteiger partial charge in [-0.15, -0.1) is 10.2 Å². The zero-order valence-electron chi connectivity index (χ0n) is 10.1. The molecule has 6 heteroatoms. The van der Waals surface area contributed by atoms with Crippen molar-refractivity contribution in [2.75, 3.05) is 5.32 Å².